The fourth-order valence-corrected chi connectivity index (χ4v) is 4.29. The molecule has 0 aliphatic heterocycles. The molecular formula is C20H26N2O6S. The Balaban J connectivity index is 2.28. The summed E-state index contributed by atoms with van der Waals surface area (Å²) in [5.41, 5.74) is 0.704. The van der Waals surface area contributed by atoms with Crippen molar-refractivity contribution in [2.24, 2.45) is 0 Å². The summed E-state index contributed by atoms with van der Waals surface area (Å²) in [5.74, 6) is 0.717. The van der Waals surface area contributed by atoms with Crippen molar-refractivity contribution in [1.82, 2.24) is 4.31 Å². The van der Waals surface area contributed by atoms with E-state index in [1.54, 1.807) is 32.0 Å². The molecule has 0 atom stereocenters. The van der Waals surface area contributed by atoms with Crippen LogP contribution in [0.1, 0.15) is 24.2 Å². The minimum absolute atomic E-state index is 0.169. The molecule has 9 heteroatoms. The van der Waals surface area contributed by atoms with Crippen LogP contribution in [0.4, 0.5) is 5.69 Å². The summed E-state index contributed by atoms with van der Waals surface area (Å²) in [4.78, 5) is 12.9. The van der Waals surface area contributed by atoms with Crippen LogP contribution in [0.15, 0.2) is 41.3 Å². The normalized spacial score (nSPS) is 11.2. The third-order valence-corrected chi connectivity index (χ3v) is 6.47. The zero-order chi connectivity index (χ0) is 21.6. The molecule has 1 amide bonds. The van der Waals surface area contributed by atoms with Gasteiger partial charge in [0.25, 0.3) is 5.91 Å². The van der Waals surface area contributed by atoms with Gasteiger partial charge in [0.1, 0.15) is 5.75 Å². The average molecular weight is 423 g/mol. The lowest BCUT2D eigenvalue weighted by molar-refractivity contribution is 0.102. The Morgan fingerprint density at radius 3 is 1.90 bits per heavy atom. The quantitative estimate of drug-likeness (QED) is 0.668. The number of nitrogens with zero attached hydrogens (tertiary/aromatic N) is 1. The van der Waals surface area contributed by atoms with Crippen LogP contribution in [-0.2, 0) is 10.0 Å². The van der Waals surface area contributed by atoms with Gasteiger partial charge in [-0.15, -0.1) is 0 Å². The zero-order valence-corrected chi connectivity index (χ0v) is 18.0. The molecule has 8 nitrogen and oxygen atoms in total. The van der Waals surface area contributed by atoms with Gasteiger partial charge in [0.15, 0.2) is 11.5 Å². The molecule has 0 radical (unpaired) electrons. The highest BCUT2D eigenvalue weighted by atomic mass is 32.2. The number of hydrogen-bond acceptors (Lipinski definition) is 6. The number of amides is 1. The van der Waals surface area contributed by atoms with Gasteiger partial charge in [-0.25, -0.2) is 8.42 Å². The van der Waals surface area contributed by atoms with E-state index in [-0.39, 0.29) is 10.5 Å². The van der Waals surface area contributed by atoms with E-state index in [0.717, 1.165) is 0 Å². The molecule has 0 saturated heterocycles. The van der Waals surface area contributed by atoms with Crippen molar-refractivity contribution in [2.75, 3.05) is 39.7 Å². The van der Waals surface area contributed by atoms with Crippen molar-refractivity contribution >= 4 is 21.6 Å². The van der Waals surface area contributed by atoms with Crippen LogP contribution in [0, 0.1) is 0 Å². The van der Waals surface area contributed by atoms with Gasteiger partial charge in [0.2, 0.25) is 10.0 Å². The summed E-state index contributed by atoms with van der Waals surface area (Å²) >= 11 is 0. The number of anilines is 1. The molecule has 1 N–H and O–H groups in total. The summed E-state index contributed by atoms with van der Waals surface area (Å²) in [7, 11) is 0.858. The first-order valence-electron chi connectivity index (χ1n) is 9.03. The first kappa shape index (κ1) is 22.5. The zero-order valence-electron chi connectivity index (χ0n) is 17.2. The second-order valence-electron chi connectivity index (χ2n) is 5.98. The number of nitrogens with one attached hydrogen (secondary N) is 1. The number of carbonyl (C=O) groups is 1. The minimum Gasteiger partial charge on any atom is -0.496 e. The Morgan fingerprint density at radius 1 is 0.897 bits per heavy atom. The first-order chi connectivity index (χ1) is 13.8. The highest BCUT2D eigenvalue weighted by Gasteiger charge is 2.22. The summed E-state index contributed by atoms with van der Waals surface area (Å²) in [6.07, 6.45) is 0. The SMILES string of the molecule is CCN(CC)S(=O)(=O)c1ccc(NC(=O)c2cc(OC)c(OC)cc2OC)cc1. The first-order valence-corrected chi connectivity index (χ1v) is 10.5. The van der Waals surface area contributed by atoms with Crippen LogP contribution < -0.4 is 19.5 Å². The van der Waals surface area contributed by atoms with Crippen LogP contribution >= 0.6 is 0 Å². The smallest absolute Gasteiger partial charge is 0.259 e. The van der Waals surface area contributed by atoms with Crippen LogP contribution in [0.5, 0.6) is 17.2 Å². The largest absolute Gasteiger partial charge is 0.496 e. The Kier molecular flexibility index (Phi) is 7.46. The van der Waals surface area contributed by atoms with Crippen molar-refractivity contribution < 1.29 is 27.4 Å². The summed E-state index contributed by atoms with van der Waals surface area (Å²) < 4.78 is 42.2. The molecule has 0 fully saturated rings. The molecule has 0 unspecified atom stereocenters. The molecule has 2 rings (SSSR count). The number of ether oxygens (including phenoxy) is 3. The predicted octanol–water partition coefficient (Wildman–Crippen LogP) is 3.00. The second kappa shape index (κ2) is 9.62. The highest BCUT2D eigenvalue weighted by molar-refractivity contribution is 7.89. The lowest BCUT2D eigenvalue weighted by Crippen LogP contribution is -2.30. The molecule has 0 bridgehead atoms. The molecule has 0 saturated carbocycles. The standard InChI is InChI=1S/C20H26N2O6S/c1-6-22(7-2)29(24,25)15-10-8-14(9-11-15)21-20(23)16-12-18(27-4)19(28-5)13-17(16)26-3/h8-13H,6-7H2,1-5H3,(H,21,23). The number of hydrogen-bond donors (Lipinski definition) is 1. The topological polar surface area (TPSA) is 94.2 Å². The van der Waals surface area contributed by atoms with Gasteiger partial charge < -0.3 is 19.5 Å². The van der Waals surface area contributed by atoms with Gasteiger partial charge in [-0.05, 0) is 24.3 Å². The van der Waals surface area contributed by atoms with Gasteiger partial charge in [-0.1, -0.05) is 13.8 Å². The van der Waals surface area contributed by atoms with Gasteiger partial charge in [0, 0.05) is 30.9 Å². The summed E-state index contributed by atoms with van der Waals surface area (Å²) in [5, 5.41) is 2.73. The Hall–Kier alpha value is -2.78. The van der Waals surface area contributed by atoms with E-state index in [2.05, 4.69) is 5.32 Å². The Morgan fingerprint density at radius 2 is 1.41 bits per heavy atom. The number of sulfonamides is 1. The third kappa shape index (κ3) is 4.80. The lowest BCUT2D eigenvalue weighted by atomic mass is 10.1. The minimum atomic E-state index is -3.56. The van der Waals surface area contributed by atoms with Crippen molar-refractivity contribution in [2.45, 2.75) is 18.7 Å². The van der Waals surface area contributed by atoms with Crippen LogP contribution in [-0.4, -0.2) is 53.0 Å². The van der Waals surface area contributed by atoms with Crippen molar-refractivity contribution in [1.29, 1.82) is 0 Å². The van der Waals surface area contributed by atoms with E-state index in [9.17, 15) is 13.2 Å². The number of benzene rings is 2. The fraction of sp³-hybridized carbons (Fsp3) is 0.350. The number of carbonyl (C=O) groups excluding carboxylic acids is 1. The lowest BCUT2D eigenvalue weighted by Gasteiger charge is -2.18. The average Bonchev–Trinajstić information content (AvgIpc) is 2.73. The van der Waals surface area contributed by atoms with E-state index in [4.69, 9.17) is 14.2 Å². The van der Waals surface area contributed by atoms with Gasteiger partial charge in [0.05, 0.1) is 31.8 Å². The van der Waals surface area contributed by atoms with Gasteiger partial charge in [-0.2, -0.15) is 4.31 Å². The van der Waals surface area contributed by atoms with Gasteiger partial charge >= 0.3 is 0 Å². The van der Waals surface area contributed by atoms with Crippen molar-refractivity contribution in [3.63, 3.8) is 0 Å². The molecule has 0 spiro atoms. The molecule has 29 heavy (non-hydrogen) atoms. The highest BCUT2D eigenvalue weighted by Crippen LogP contribution is 2.35. The third-order valence-electron chi connectivity index (χ3n) is 4.41. The molecule has 0 aromatic heterocycles. The fourth-order valence-electron chi connectivity index (χ4n) is 2.83. The molecule has 158 valence electrons. The summed E-state index contributed by atoms with van der Waals surface area (Å²) in [6.45, 7) is 4.34. The van der Waals surface area contributed by atoms with E-state index in [0.29, 0.717) is 36.0 Å². The molecule has 0 heterocycles. The van der Waals surface area contributed by atoms with E-state index >= 15 is 0 Å². The van der Waals surface area contributed by atoms with E-state index in [1.165, 1.54) is 43.8 Å². The maximum absolute atomic E-state index is 12.7. The van der Waals surface area contributed by atoms with E-state index in [1.807, 2.05) is 0 Å². The molecule has 2 aromatic carbocycles. The maximum Gasteiger partial charge on any atom is 0.259 e. The van der Waals surface area contributed by atoms with Crippen LogP contribution in [0.25, 0.3) is 0 Å². The van der Waals surface area contributed by atoms with E-state index < -0.39 is 15.9 Å². The molecule has 0 aliphatic rings. The van der Waals surface area contributed by atoms with Crippen LogP contribution in [0.3, 0.4) is 0 Å². The molecule has 2 aromatic rings. The van der Waals surface area contributed by atoms with Crippen molar-refractivity contribution in [3.05, 3.63) is 42.0 Å². The number of methoxy groups -OCH3 is 3. The monoisotopic (exact) mass is 422 g/mol. The molecular weight excluding hydrogens is 396 g/mol. The van der Waals surface area contributed by atoms with Crippen molar-refractivity contribution in [3.8, 4) is 17.2 Å². The maximum atomic E-state index is 12.7. The summed E-state index contributed by atoms with van der Waals surface area (Å²) in [6, 6.07) is 9.10. The molecule has 0 aliphatic carbocycles. The Labute approximate surface area is 171 Å². The number of rotatable bonds is 9. The second-order valence-corrected chi connectivity index (χ2v) is 7.91. The Bertz CT molecular complexity index is 954. The predicted molar refractivity (Wildman–Crippen MR) is 111 cm³/mol. The van der Waals surface area contributed by atoms with Crippen LogP contribution in [0.2, 0.25) is 0 Å². The van der Waals surface area contributed by atoms with Gasteiger partial charge in [-0.3, -0.25) is 4.79 Å².